The van der Waals surface area contributed by atoms with E-state index >= 15 is 0 Å². The van der Waals surface area contributed by atoms with E-state index < -0.39 is 0 Å². The summed E-state index contributed by atoms with van der Waals surface area (Å²) in [6, 6.07) is 9.60. The molecule has 0 atom stereocenters. The van der Waals surface area contributed by atoms with Gasteiger partial charge in [-0.3, -0.25) is 0 Å². The highest BCUT2D eigenvalue weighted by Gasteiger charge is 2.04. The first-order valence-corrected chi connectivity index (χ1v) is 6.61. The highest BCUT2D eigenvalue weighted by Crippen LogP contribution is 2.19. The Labute approximate surface area is 114 Å². The lowest BCUT2D eigenvalue weighted by Crippen LogP contribution is -2.11. The molecule has 96 valence electrons. The van der Waals surface area contributed by atoms with Crippen LogP contribution in [-0.2, 0) is 13.2 Å². The van der Waals surface area contributed by atoms with Crippen molar-refractivity contribution in [2.45, 2.75) is 20.1 Å². The van der Waals surface area contributed by atoms with Crippen molar-refractivity contribution >= 4 is 15.9 Å². The molecule has 2 aromatic rings. The second-order valence-electron chi connectivity index (χ2n) is 3.81. The molecule has 0 fully saturated rings. The molecule has 18 heavy (non-hydrogen) atoms. The summed E-state index contributed by atoms with van der Waals surface area (Å²) in [6.07, 6.45) is 0. The van der Waals surface area contributed by atoms with Gasteiger partial charge in [-0.2, -0.15) is 0 Å². The maximum Gasteiger partial charge on any atom is 0.174 e. The number of benzene rings is 1. The zero-order chi connectivity index (χ0) is 12.8. The van der Waals surface area contributed by atoms with Crippen LogP contribution in [0.3, 0.4) is 0 Å². The van der Waals surface area contributed by atoms with E-state index in [4.69, 9.17) is 9.26 Å². The van der Waals surface area contributed by atoms with Crippen molar-refractivity contribution in [1.82, 2.24) is 10.5 Å². The number of aromatic nitrogens is 1. The molecule has 1 aromatic carbocycles. The predicted octanol–water partition coefficient (Wildman–Crippen LogP) is 3.13. The van der Waals surface area contributed by atoms with Crippen LogP contribution in [0, 0.1) is 0 Å². The van der Waals surface area contributed by atoms with Gasteiger partial charge in [-0.25, -0.2) is 0 Å². The summed E-state index contributed by atoms with van der Waals surface area (Å²) in [5, 5.41) is 7.15. The Bertz CT molecular complexity index is 499. The number of halogens is 1. The average Bonchev–Trinajstić information content (AvgIpc) is 2.82. The van der Waals surface area contributed by atoms with Gasteiger partial charge in [0.2, 0.25) is 0 Å². The van der Waals surface area contributed by atoms with Crippen molar-refractivity contribution in [2.75, 3.05) is 6.54 Å². The lowest BCUT2D eigenvalue weighted by molar-refractivity contribution is 0.248. The average molecular weight is 311 g/mol. The van der Waals surface area contributed by atoms with Gasteiger partial charge in [0.15, 0.2) is 5.76 Å². The van der Waals surface area contributed by atoms with E-state index in [-0.39, 0.29) is 0 Å². The Morgan fingerprint density at radius 3 is 3.06 bits per heavy atom. The Hall–Kier alpha value is -1.33. The second kappa shape index (κ2) is 6.56. The molecule has 1 aromatic heterocycles. The molecule has 0 spiro atoms. The molecule has 0 aliphatic rings. The van der Waals surface area contributed by atoms with Crippen LogP contribution in [0.1, 0.15) is 18.4 Å². The summed E-state index contributed by atoms with van der Waals surface area (Å²) in [5.41, 5.74) is 0.893. The zero-order valence-corrected chi connectivity index (χ0v) is 11.7. The minimum atomic E-state index is 0.385. The van der Waals surface area contributed by atoms with Crippen molar-refractivity contribution in [3.63, 3.8) is 0 Å². The highest BCUT2D eigenvalue weighted by molar-refractivity contribution is 9.10. The van der Waals surface area contributed by atoms with Crippen LogP contribution in [-0.4, -0.2) is 11.7 Å². The van der Waals surface area contributed by atoms with Gasteiger partial charge in [-0.1, -0.05) is 34.1 Å². The quantitative estimate of drug-likeness (QED) is 0.890. The van der Waals surface area contributed by atoms with Crippen LogP contribution in [0.4, 0.5) is 0 Å². The topological polar surface area (TPSA) is 47.3 Å². The van der Waals surface area contributed by atoms with E-state index in [1.165, 1.54) is 0 Å². The Morgan fingerprint density at radius 2 is 2.28 bits per heavy atom. The summed E-state index contributed by atoms with van der Waals surface area (Å²) in [6.45, 7) is 4.07. The van der Waals surface area contributed by atoms with Gasteiger partial charge in [0.05, 0.1) is 5.69 Å². The maximum absolute atomic E-state index is 5.61. The van der Waals surface area contributed by atoms with Gasteiger partial charge < -0.3 is 14.6 Å². The molecule has 0 radical (unpaired) electrons. The van der Waals surface area contributed by atoms with Crippen molar-refractivity contribution < 1.29 is 9.26 Å². The molecule has 1 heterocycles. The molecule has 5 heteroatoms. The number of hydrogen-bond donors (Lipinski definition) is 1. The fourth-order valence-electron chi connectivity index (χ4n) is 1.47. The minimum Gasteiger partial charge on any atom is -0.486 e. The van der Waals surface area contributed by atoms with E-state index in [0.29, 0.717) is 6.61 Å². The summed E-state index contributed by atoms with van der Waals surface area (Å²) in [4.78, 5) is 0. The summed E-state index contributed by atoms with van der Waals surface area (Å²) in [7, 11) is 0. The van der Waals surface area contributed by atoms with Crippen molar-refractivity contribution in [3.05, 3.63) is 46.3 Å². The van der Waals surface area contributed by atoms with Crippen LogP contribution < -0.4 is 10.1 Å². The first-order valence-electron chi connectivity index (χ1n) is 5.81. The van der Waals surface area contributed by atoms with E-state index in [9.17, 15) is 0 Å². The largest absolute Gasteiger partial charge is 0.486 e. The number of nitrogens with one attached hydrogen (secondary N) is 1. The van der Waals surface area contributed by atoms with Crippen molar-refractivity contribution in [3.8, 4) is 5.75 Å². The molecule has 0 bridgehead atoms. The SMILES string of the molecule is CCNCc1cc(COc2cccc(Br)c2)on1. The van der Waals surface area contributed by atoms with Gasteiger partial charge in [-0.05, 0) is 24.7 Å². The third-order valence-electron chi connectivity index (χ3n) is 2.34. The van der Waals surface area contributed by atoms with Crippen LogP contribution in [0.15, 0.2) is 39.3 Å². The molecule has 4 nitrogen and oxygen atoms in total. The number of nitrogens with zero attached hydrogens (tertiary/aromatic N) is 1. The lowest BCUT2D eigenvalue weighted by Gasteiger charge is -2.03. The molecular weight excluding hydrogens is 296 g/mol. The van der Waals surface area contributed by atoms with E-state index in [1.807, 2.05) is 30.3 Å². The minimum absolute atomic E-state index is 0.385. The number of rotatable bonds is 6. The summed E-state index contributed by atoms with van der Waals surface area (Å²) in [5.74, 6) is 1.52. The van der Waals surface area contributed by atoms with E-state index in [1.54, 1.807) is 0 Å². The standard InChI is InChI=1S/C13H15BrN2O2/c1-2-15-8-11-7-13(18-16-11)9-17-12-5-3-4-10(14)6-12/h3-7,15H,2,8-9H2,1H3. The van der Waals surface area contributed by atoms with Crippen LogP contribution in [0.5, 0.6) is 5.75 Å². The van der Waals surface area contributed by atoms with Crippen LogP contribution >= 0.6 is 15.9 Å². The molecule has 0 aliphatic carbocycles. The van der Waals surface area contributed by atoms with Crippen LogP contribution in [0.2, 0.25) is 0 Å². The third-order valence-corrected chi connectivity index (χ3v) is 2.83. The van der Waals surface area contributed by atoms with Crippen LogP contribution in [0.25, 0.3) is 0 Å². The van der Waals surface area contributed by atoms with E-state index in [2.05, 4.69) is 33.3 Å². The Morgan fingerprint density at radius 1 is 1.39 bits per heavy atom. The van der Waals surface area contributed by atoms with Gasteiger partial charge in [0.1, 0.15) is 12.4 Å². The highest BCUT2D eigenvalue weighted by atomic mass is 79.9. The summed E-state index contributed by atoms with van der Waals surface area (Å²) < 4.78 is 11.8. The second-order valence-corrected chi connectivity index (χ2v) is 4.73. The fraction of sp³-hybridized carbons (Fsp3) is 0.308. The normalized spacial score (nSPS) is 10.6. The predicted molar refractivity (Wildman–Crippen MR) is 72.4 cm³/mol. The molecule has 0 amide bonds. The molecule has 0 saturated carbocycles. The molecule has 0 unspecified atom stereocenters. The molecule has 1 N–H and O–H groups in total. The van der Waals surface area contributed by atoms with E-state index in [0.717, 1.165) is 34.8 Å². The van der Waals surface area contributed by atoms with Gasteiger partial charge >= 0.3 is 0 Å². The molecule has 2 rings (SSSR count). The summed E-state index contributed by atoms with van der Waals surface area (Å²) >= 11 is 3.40. The molecule has 0 saturated heterocycles. The lowest BCUT2D eigenvalue weighted by atomic mass is 10.3. The first kappa shape index (κ1) is 13.1. The zero-order valence-electron chi connectivity index (χ0n) is 10.1. The fourth-order valence-corrected chi connectivity index (χ4v) is 1.85. The third kappa shape index (κ3) is 3.85. The molecule has 0 aliphatic heterocycles. The van der Waals surface area contributed by atoms with Crippen molar-refractivity contribution in [2.24, 2.45) is 0 Å². The van der Waals surface area contributed by atoms with Gasteiger partial charge in [0.25, 0.3) is 0 Å². The first-order chi connectivity index (χ1) is 8.78. The Kier molecular flexibility index (Phi) is 4.78. The smallest absolute Gasteiger partial charge is 0.174 e. The van der Waals surface area contributed by atoms with Gasteiger partial charge in [-0.15, -0.1) is 0 Å². The van der Waals surface area contributed by atoms with Gasteiger partial charge in [0, 0.05) is 17.1 Å². The Balaban J connectivity index is 1.88. The molecular formula is C13H15BrN2O2. The monoisotopic (exact) mass is 310 g/mol. The maximum atomic E-state index is 5.61. The number of hydrogen-bond acceptors (Lipinski definition) is 4. The number of ether oxygens (including phenoxy) is 1. The van der Waals surface area contributed by atoms with Crippen molar-refractivity contribution in [1.29, 1.82) is 0 Å².